The van der Waals surface area contributed by atoms with Crippen molar-refractivity contribution >= 4 is 17.6 Å². The van der Waals surface area contributed by atoms with Gasteiger partial charge in [-0.3, -0.25) is 4.79 Å². The Bertz CT molecular complexity index is 678. The number of quaternary nitrogens is 1. The molecule has 0 aromatic heterocycles. The van der Waals surface area contributed by atoms with Gasteiger partial charge in [-0.1, -0.05) is 13.0 Å². The van der Waals surface area contributed by atoms with E-state index in [0.717, 1.165) is 41.5 Å². The third kappa shape index (κ3) is 5.10. The zero-order valence-corrected chi connectivity index (χ0v) is 17.6. The van der Waals surface area contributed by atoms with Crippen LogP contribution in [0.5, 0.6) is 0 Å². The summed E-state index contributed by atoms with van der Waals surface area (Å²) < 4.78 is 6.00. The zero-order chi connectivity index (χ0) is 20.0. The molecule has 1 aliphatic heterocycles. The highest BCUT2D eigenvalue weighted by atomic mass is 16.5. The van der Waals surface area contributed by atoms with Crippen molar-refractivity contribution in [1.82, 2.24) is 0 Å². The van der Waals surface area contributed by atoms with Crippen LogP contribution in [0.3, 0.4) is 0 Å². The van der Waals surface area contributed by atoms with Crippen LogP contribution in [0.25, 0.3) is 0 Å². The maximum atomic E-state index is 13.3. The van der Waals surface area contributed by atoms with E-state index in [4.69, 9.17) is 4.74 Å². The van der Waals surface area contributed by atoms with Crippen molar-refractivity contribution < 1.29 is 18.8 Å². The van der Waals surface area contributed by atoms with E-state index >= 15 is 0 Å². The van der Waals surface area contributed by atoms with Crippen molar-refractivity contribution in [2.75, 3.05) is 32.1 Å². The second-order valence-electron chi connectivity index (χ2n) is 8.01. The number of rotatable bonds is 7. The largest absolute Gasteiger partial charge is 0.462 e. The molecule has 1 saturated heterocycles. The predicted octanol–water partition coefficient (Wildman–Crippen LogP) is 4.22. The Morgan fingerprint density at radius 1 is 1.15 bits per heavy atom. The monoisotopic (exact) mass is 375 g/mol. The Hall–Kier alpha value is -1.88. The van der Waals surface area contributed by atoms with Crippen LogP contribution in [0.4, 0.5) is 5.69 Å². The smallest absolute Gasteiger partial charge is 0.340 e. The van der Waals surface area contributed by atoms with Gasteiger partial charge in [0.15, 0.2) is 6.04 Å². The molecule has 1 amide bonds. The van der Waals surface area contributed by atoms with E-state index in [2.05, 4.69) is 19.3 Å². The maximum absolute atomic E-state index is 13.3. The lowest BCUT2D eigenvalue weighted by molar-refractivity contribution is -0.929. The molecule has 0 spiro atoms. The first kappa shape index (κ1) is 21.4. The fraction of sp³-hybridized carbons (Fsp3) is 0.636. The highest BCUT2D eigenvalue weighted by Crippen LogP contribution is 2.28. The number of anilines is 1. The van der Waals surface area contributed by atoms with Crippen molar-refractivity contribution in [3.05, 3.63) is 28.8 Å². The molecule has 150 valence electrons. The fourth-order valence-electron chi connectivity index (χ4n) is 4.26. The van der Waals surface area contributed by atoms with Gasteiger partial charge in [0.25, 0.3) is 5.91 Å². The molecule has 0 bridgehead atoms. The number of hydrogen-bond donors (Lipinski definition) is 1. The van der Waals surface area contributed by atoms with Gasteiger partial charge in [-0.2, -0.15) is 0 Å². The zero-order valence-electron chi connectivity index (χ0n) is 17.6. The first-order valence-electron chi connectivity index (χ1n) is 10.3. The average Bonchev–Trinajstić information content (AvgIpc) is 2.62. The third-order valence-corrected chi connectivity index (χ3v) is 5.68. The summed E-state index contributed by atoms with van der Waals surface area (Å²) in [5.41, 5.74) is 2.91. The Morgan fingerprint density at radius 3 is 2.41 bits per heavy atom. The topological polar surface area (TPSA) is 55.4 Å². The summed E-state index contributed by atoms with van der Waals surface area (Å²) in [7, 11) is 2.20. The van der Waals surface area contributed by atoms with Crippen molar-refractivity contribution in [2.45, 2.75) is 65.8 Å². The number of nitrogens with one attached hydrogen (secondary N) is 1. The summed E-state index contributed by atoms with van der Waals surface area (Å²) in [5, 5.41) is 3.10. The molecule has 1 aromatic carbocycles. The van der Waals surface area contributed by atoms with E-state index in [1.807, 2.05) is 19.9 Å². The molecule has 0 aliphatic carbocycles. The van der Waals surface area contributed by atoms with E-state index in [-0.39, 0.29) is 17.9 Å². The van der Waals surface area contributed by atoms with Crippen LogP contribution in [0.15, 0.2) is 12.1 Å². The molecule has 1 aromatic rings. The third-order valence-electron chi connectivity index (χ3n) is 5.68. The number of nitrogens with zero attached hydrogens (tertiary/aromatic N) is 1. The first-order chi connectivity index (χ1) is 12.8. The lowest BCUT2D eigenvalue weighted by Gasteiger charge is -2.43. The lowest BCUT2D eigenvalue weighted by atomic mass is 9.99. The summed E-state index contributed by atoms with van der Waals surface area (Å²) in [6.07, 6.45) is 5.40. The minimum atomic E-state index is -0.384. The summed E-state index contributed by atoms with van der Waals surface area (Å²) in [5.74, 6) is -0.372. The Balaban J connectivity index is 2.33. The number of ether oxygens (including phenoxy) is 1. The molecule has 5 heteroatoms. The van der Waals surface area contributed by atoms with E-state index in [0.29, 0.717) is 17.9 Å². The minimum absolute atomic E-state index is 0.0127. The molecular formula is C22H35N2O3+. The van der Waals surface area contributed by atoms with Gasteiger partial charge in [0.2, 0.25) is 0 Å². The molecule has 0 radical (unpaired) electrons. The molecule has 1 unspecified atom stereocenters. The first-order valence-corrected chi connectivity index (χ1v) is 10.3. The number of amides is 1. The quantitative estimate of drug-likeness (QED) is 0.573. The van der Waals surface area contributed by atoms with Crippen LogP contribution < -0.4 is 5.32 Å². The van der Waals surface area contributed by atoms with Crippen LogP contribution >= 0.6 is 0 Å². The van der Waals surface area contributed by atoms with Crippen LogP contribution in [0, 0.1) is 13.8 Å². The molecule has 27 heavy (non-hydrogen) atoms. The molecule has 5 nitrogen and oxygen atoms in total. The van der Waals surface area contributed by atoms with Gasteiger partial charge in [-0.15, -0.1) is 0 Å². The number of benzene rings is 1. The van der Waals surface area contributed by atoms with Gasteiger partial charge in [0, 0.05) is 6.42 Å². The van der Waals surface area contributed by atoms with Gasteiger partial charge < -0.3 is 14.5 Å². The van der Waals surface area contributed by atoms with Crippen molar-refractivity contribution in [2.24, 2.45) is 0 Å². The Kier molecular flexibility index (Phi) is 7.42. The van der Waals surface area contributed by atoms with Gasteiger partial charge >= 0.3 is 5.97 Å². The summed E-state index contributed by atoms with van der Waals surface area (Å²) in [6, 6.07) is 3.70. The number of aryl methyl sites for hydroxylation is 2. The number of carbonyl (C=O) groups is 2. The van der Waals surface area contributed by atoms with Gasteiger partial charge in [-0.25, -0.2) is 4.79 Å². The summed E-state index contributed by atoms with van der Waals surface area (Å²) in [4.78, 5) is 25.7. The van der Waals surface area contributed by atoms with Gasteiger partial charge in [0.1, 0.15) is 0 Å². The van der Waals surface area contributed by atoms with Crippen LogP contribution in [0.1, 0.15) is 67.4 Å². The Labute approximate surface area is 163 Å². The second-order valence-corrected chi connectivity index (χ2v) is 8.01. The SMILES string of the molecule is CCCC(C(=O)Nc1c(C)cc(C)cc1C(=O)OCC)[N+]1(C)CCCCC1. The number of hydrogen-bond acceptors (Lipinski definition) is 3. The average molecular weight is 376 g/mol. The minimum Gasteiger partial charge on any atom is -0.462 e. The van der Waals surface area contributed by atoms with Crippen LogP contribution in [-0.2, 0) is 9.53 Å². The van der Waals surface area contributed by atoms with Crippen molar-refractivity contribution in [3.63, 3.8) is 0 Å². The number of likely N-dealkylation sites (N-methyl/N-ethyl adjacent to an activating group) is 1. The van der Waals surface area contributed by atoms with Crippen molar-refractivity contribution in [1.29, 1.82) is 0 Å². The molecule has 1 N–H and O–H groups in total. The molecule has 2 rings (SSSR count). The van der Waals surface area contributed by atoms with Crippen molar-refractivity contribution in [3.8, 4) is 0 Å². The number of likely N-dealkylation sites (tertiary alicyclic amines) is 1. The van der Waals surface area contributed by atoms with Crippen LogP contribution in [0.2, 0.25) is 0 Å². The van der Waals surface area contributed by atoms with E-state index in [9.17, 15) is 9.59 Å². The summed E-state index contributed by atoms with van der Waals surface area (Å²) in [6.45, 7) is 10.2. The van der Waals surface area contributed by atoms with E-state index < -0.39 is 0 Å². The standard InChI is InChI=1S/C22H34N2O3/c1-6-11-19(24(5)12-9-8-10-13-24)21(25)23-20-17(4)14-16(3)15-18(20)22(26)27-7-2/h14-15,19H,6-13H2,1-5H3/p+1. The number of piperidine rings is 1. The molecule has 1 heterocycles. The predicted molar refractivity (Wildman–Crippen MR) is 109 cm³/mol. The number of esters is 1. The number of carbonyl (C=O) groups excluding carboxylic acids is 2. The maximum Gasteiger partial charge on any atom is 0.340 e. The van der Waals surface area contributed by atoms with E-state index in [1.165, 1.54) is 19.3 Å². The molecule has 1 atom stereocenters. The molecule has 0 saturated carbocycles. The summed E-state index contributed by atoms with van der Waals surface area (Å²) >= 11 is 0. The lowest BCUT2D eigenvalue weighted by Crippen LogP contribution is -2.59. The normalized spacial score (nSPS) is 17.2. The Morgan fingerprint density at radius 2 is 1.81 bits per heavy atom. The van der Waals surface area contributed by atoms with Gasteiger partial charge in [-0.05, 0) is 63.6 Å². The molecule has 1 aliphatic rings. The fourth-order valence-corrected chi connectivity index (χ4v) is 4.26. The highest BCUT2D eigenvalue weighted by molar-refractivity contribution is 6.03. The molecule has 1 fully saturated rings. The molecular weight excluding hydrogens is 340 g/mol. The highest BCUT2D eigenvalue weighted by Gasteiger charge is 2.39. The van der Waals surface area contributed by atoms with Gasteiger partial charge in [0.05, 0.1) is 38.0 Å². The van der Waals surface area contributed by atoms with E-state index in [1.54, 1.807) is 13.0 Å². The second kappa shape index (κ2) is 9.36. The van der Waals surface area contributed by atoms with Crippen LogP contribution in [-0.4, -0.2) is 49.1 Å².